The third-order valence-corrected chi connectivity index (χ3v) is 4.63. The van der Waals surface area contributed by atoms with Crippen molar-refractivity contribution in [2.45, 2.75) is 61.3 Å². The van der Waals surface area contributed by atoms with Crippen molar-refractivity contribution in [3.05, 3.63) is 12.7 Å². The molecule has 13 heteroatoms. The highest BCUT2D eigenvalue weighted by atomic mass is 16.7. The summed E-state index contributed by atoms with van der Waals surface area (Å²) in [5, 5.41) is 71.2. The van der Waals surface area contributed by atoms with Crippen molar-refractivity contribution in [3.63, 3.8) is 0 Å². The molecule has 168 valence electrons. The minimum Gasteiger partial charge on any atom is -0.445 e. The number of hydrogen-bond acceptors (Lipinski definition) is 12. The summed E-state index contributed by atoms with van der Waals surface area (Å²) < 4.78 is 20.5. The fraction of sp³-hybridized carbons (Fsp3) is 0.812. The first-order chi connectivity index (χ1) is 13.7. The number of alkyl carbamates (subject to hydrolysis) is 1. The predicted molar refractivity (Wildman–Crippen MR) is 91.1 cm³/mol. The molecule has 0 bridgehead atoms. The lowest BCUT2D eigenvalue weighted by molar-refractivity contribution is -0.345. The zero-order chi connectivity index (χ0) is 21.7. The number of rotatable bonds is 7. The molecule has 0 aromatic heterocycles. The lowest BCUT2D eigenvalue weighted by Gasteiger charge is -2.46. The van der Waals surface area contributed by atoms with Gasteiger partial charge in [0.2, 0.25) is 0 Å². The molecule has 2 aliphatic rings. The van der Waals surface area contributed by atoms with Crippen molar-refractivity contribution >= 4 is 6.09 Å². The van der Waals surface area contributed by atoms with Crippen LogP contribution in [0.4, 0.5) is 4.79 Å². The van der Waals surface area contributed by atoms with E-state index in [0.29, 0.717) is 0 Å². The predicted octanol–water partition coefficient (Wildman–Crippen LogP) is -4.48. The largest absolute Gasteiger partial charge is 0.445 e. The molecule has 13 nitrogen and oxygen atoms in total. The maximum atomic E-state index is 11.7. The van der Waals surface area contributed by atoms with Gasteiger partial charge in [0.25, 0.3) is 0 Å². The maximum Gasteiger partial charge on any atom is 0.407 e. The van der Waals surface area contributed by atoms with E-state index in [2.05, 4.69) is 11.9 Å². The molecule has 0 aromatic rings. The highest BCUT2D eigenvalue weighted by Crippen LogP contribution is 2.28. The van der Waals surface area contributed by atoms with Crippen molar-refractivity contribution < 1.29 is 59.5 Å². The van der Waals surface area contributed by atoms with Gasteiger partial charge in [-0.25, -0.2) is 4.79 Å². The van der Waals surface area contributed by atoms with Crippen LogP contribution in [-0.2, 0) is 18.9 Å². The van der Waals surface area contributed by atoms with E-state index in [9.17, 15) is 40.5 Å². The van der Waals surface area contributed by atoms with Gasteiger partial charge < -0.3 is 60.0 Å². The Bertz CT molecular complexity index is 548. The molecule has 0 saturated carbocycles. The van der Waals surface area contributed by atoms with Gasteiger partial charge in [-0.3, -0.25) is 0 Å². The number of nitrogens with one attached hydrogen (secondary N) is 1. The smallest absolute Gasteiger partial charge is 0.407 e. The van der Waals surface area contributed by atoms with Gasteiger partial charge in [-0.15, -0.1) is 0 Å². The standard InChI is InChI=1S/C16H27NO12/c1-2-3-26-16(25)17-8-10(21)13(7(5-19)27-14(8)24)29-15-12(23)11(22)9(20)6(4-18)28-15/h2,6-15,18-24H,1,3-5H2,(H,17,25)/t6-,7+,8-,9-,10+,11+,12-,13+,14-,15+/m0/s1. The average molecular weight is 425 g/mol. The van der Waals surface area contributed by atoms with E-state index in [4.69, 9.17) is 18.9 Å². The van der Waals surface area contributed by atoms with E-state index in [-0.39, 0.29) is 6.61 Å². The zero-order valence-corrected chi connectivity index (χ0v) is 15.4. The summed E-state index contributed by atoms with van der Waals surface area (Å²) in [6, 6.07) is -1.44. The normalized spacial score (nSPS) is 42.9. The molecule has 2 saturated heterocycles. The van der Waals surface area contributed by atoms with Crippen LogP contribution in [0.5, 0.6) is 0 Å². The summed E-state index contributed by atoms with van der Waals surface area (Å²) in [5.74, 6) is 0. The number of aliphatic hydroxyl groups excluding tert-OH is 7. The number of hydrogen-bond donors (Lipinski definition) is 8. The second-order valence-corrected chi connectivity index (χ2v) is 6.59. The number of carbonyl (C=O) groups is 1. The first-order valence-corrected chi connectivity index (χ1v) is 8.87. The summed E-state index contributed by atoms with van der Waals surface area (Å²) in [5.41, 5.74) is 0. The first kappa shape index (κ1) is 23.9. The summed E-state index contributed by atoms with van der Waals surface area (Å²) in [7, 11) is 0. The lowest BCUT2D eigenvalue weighted by atomic mass is 9.95. The van der Waals surface area contributed by atoms with Crippen molar-refractivity contribution in [2.75, 3.05) is 19.8 Å². The molecule has 2 rings (SSSR count). The third kappa shape index (κ3) is 5.40. The molecule has 10 atom stereocenters. The van der Waals surface area contributed by atoms with Crippen molar-refractivity contribution in [3.8, 4) is 0 Å². The highest BCUT2D eigenvalue weighted by Gasteiger charge is 2.50. The van der Waals surface area contributed by atoms with Crippen LogP contribution in [0, 0.1) is 0 Å². The molecule has 1 amide bonds. The van der Waals surface area contributed by atoms with Crippen molar-refractivity contribution in [1.82, 2.24) is 5.32 Å². The van der Waals surface area contributed by atoms with Crippen LogP contribution in [0.3, 0.4) is 0 Å². The second-order valence-electron chi connectivity index (χ2n) is 6.59. The maximum absolute atomic E-state index is 11.7. The van der Waals surface area contributed by atoms with Gasteiger partial charge >= 0.3 is 6.09 Å². The third-order valence-electron chi connectivity index (χ3n) is 4.63. The van der Waals surface area contributed by atoms with E-state index in [1.165, 1.54) is 6.08 Å². The number of carbonyl (C=O) groups excluding carboxylic acids is 1. The molecule has 2 fully saturated rings. The fourth-order valence-electron chi connectivity index (χ4n) is 3.05. The van der Waals surface area contributed by atoms with Crippen molar-refractivity contribution in [2.24, 2.45) is 0 Å². The Labute approximate surface area is 165 Å². The summed E-state index contributed by atoms with van der Waals surface area (Å²) in [6.07, 6.45) is -13.8. The molecular formula is C16H27NO12. The second kappa shape index (κ2) is 10.6. The quantitative estimate of drug-likeness (QED) is 0.182. The fourth-order valence-corrected chi connectivity index (χ4v) is 3.05. The molecule has 0 aromatic carbocycles. The number of amides is 1. The van der Waals surface area contributed by atoms with Gasteiger partial charge in [0.15, 0.2) is 12.6 Å². The van der Waals surface area contributed by atoms with Crippen LogP contribution in [0.2, 0.25) is 0 Å². The van der Waals surface area contributed by atoms with Crippen LogP contribution in [0.15, 0.2) is 12.7 Å². The topological polar surface area (TPSA) is 208 Å². The molecule has 8 N–H and O–H groups in total. The molecule has 0 radical (unpaired) electrons. The lowest BCUT2D eigenvalue weighted by Crippen LogP contribution is -2.67. The molecule has 2 aliphatic heterocycles. The minimum atomic E-state index is -1.77. The molecule has 0 aliphatic carbocycles. The van der Waals surface area contributed by atoms with Gasteiger partial charge in [-0.05, 0) is 0 Å². The average Bonchev–Trinajstić information content (AvgIpc) is 2.71. The van der Waals surface area contributed by atoms with E-state index in [1.54, 1.807) is 0 Å². The molecule has 0 unspecified atom stereocenters. The van der Waals surface area contributed by atoms with E-state index < -0.39 is 80.7 Å². The van der Waals surface area contributed by atoms with Crippen LogP contribution < -0.4 is 5.32 Å². The molecular weight excluding hydrogens is 398 g/mol. The Morgan fingerprint density at radius 2 is 1.62 bits per heavy atom. The van der Waals surface area contributed by atoms with Gasteiger partial charge in [-0.2, -0.15) is 0 Å². The van der Waals surface area contributed by atoms with Gasteiger partial charge in [0.05, 0.1) is 13.2 Å². The first-order valence-electron chi connectivity index (χ1n) is 8.87. The monoisotopic (exact) mass is 425 g/mol. The number of aliphatic hydroxyl groups is 7. The SMILES string of the molecule is C=CCOC(=O)N[C@H]1[C@@H](O)[C@H](O[C@H]2O[C@@H](CO)[C@H](O)[C@@H](O)[C@@H]2O)[C@@H](CO)O[C@@H]1O. The van der Waals surface area contributed by atoms with Crippen LogP contribution in [0.25, 0.3) is 0 Å². The molecule has 2 heterocycles. The Morgan fingerprint density at radius 3 is 2.21 bits per heavy atom. The van der Waals surface area contributed by atoms with Crippen LogP contribution in [0.1, 0.15) is 0 Å². The van der Waals surface area contributed by atoms with Gasteiger partial charge in [0, 0.05) is 0 Å². The van der Waals surface area contributed by atoms with E-state index in [1.807, 2.05) is 0 Å². The van der Waals surface area contributed by atoms with Crippen LogP contribution in [-0.4, -0.2) is 123 Å². The van der Waals surface area contributed by atoms with Crippen LogP contribution >= 0.6 is 0 Å². The Balaban J connectivity index is 2.13. The Hall–Kier alpha value is -1.39. The van der Waals surface area contributed by atoms with Crippen molar-refractivity contribution in [1.29, 1.82) is 0 Å². The Morgan fingerprint density at radius 1 is 0.966 bits per heavy atom. The van der Waals surface area contributed by atoms with E-state index in [0.717, 1.165) is 0 Å². The Kier molecular flexibility index (Phi) is 8.72. The van der Waals surface area contributed by atoms with E-state index >= 15 is 0 Å². The minimum absolute atomic E-state index is 0.129. The highest BCUT2D eigenvalue weighted by molar-refractivity contribution is 5.67. The van der Waals surface area contributed by atoms with Gasteiger partial charge in [-0.1, -0.05) is 12.7 Å². The number of ether oxygens (including phenoxy) is 4. The molecule has 0 spiro atoms. The van der Waals surface area contributed by atoms with Gasteiger partial charge in [0.1, 0.15) is 55.4 Å². The summed E-state index contributed by atoms with van der Waals surface area (Å²) in [6.45, 7) is 1.82. The summed E-state index contributed by atoms with van der Waals surface area (Å²) >= 11 is 0. The summed E-state index contributed by atoms with van der Waals surface area (Å²) in [4.78, 5) is 11.7. The zero-order valence-electron chi connectivity index (χ0n) is 15.4. The molecule has 29 heavy (non-hydrogen) atoms.